The van der Waals surface area contributed by atoms with Crippen molar-refractivity contribution >= 4 is 105 Å². The Morgan fingerprint density at radius 1 is 0.833 bits per heavy atom. The number of benzene rings is 2. The summed E-state index contributed by atoms with van der Waals surface area (Å²) in [7, 11) is 0. The summed E-state index contributed by atoms with van der Waals surface area (Å²) in [5.41, 5.74) is 3.56. The number of hydrogen-bond donors (Lipinski definition) is 0. The van der Waals surface area contributed by atoms with Gasteiger partial charge in [0.25, 0.3) is 0 Å². The highest BCUT2D eigenvalue weighted by atomic mass is 35.5. The fourth-order valence-corrected chi connectivity index (χ4v) is 9.31. The largest absolute Gasteiger partial charge is 0.426 e. The van der Waals surface area contributed by atoms with Gasteiger partial charge in [0, 0.05) is 18.7 Å². The number of aryl methyl sites for hydroxylation is 3. The molecule has 1 saturated carbocycles. The Morgan fingerprint density at radius 2 is 1.43 bits per heavy atom. The van der Waals surface area contributed by atoms with E-state index in [0.29, 0.717) is 5.56 Å². The molecule has 0 radical (unpaired) electrons. The first-order valence-electron chi connectivity index (χ1n) is 13.0. The second kappa shape index (κ2) is 9.75. The highest BCUT2D eigenvalue weighted by Gasteiger charge is 2.87. The fraction of sp³-hybridized carbons (Fsp3) is 0.379. The summed E-state index contributed by atoms with van der Waals surface area (Å²) in [5, 5.41) is -0.342. The quantitative estimate of drug-likeness (QED) is 0.158. The third kappa shape index (κ3) is 3.74. The summed E-state index contributed by atoms with van der Waals surface area (Å²) < 4.78 is 3.59. The van der Waals surface area contributed by atoms with Crippen LogP contribution in [0.1, 0.15) is 23.1 Å². The van der Waals surface area contributed by atoms with Gasteiger partial charge in [-0.15, -0.1) is 23.2 Å². The molecule has 2 aliphatic carbocycles. The number of esters is 1. The lowest BCUT2D eigenvalue weighted by Gasteiger charge is -2.34. The van der Waals surface area contributed by atoms with Gasteiger partial charge < -0.3 is 9.64 Å². The van der Waals surface area contributed by atoms with E-state index in [2.05, 4.69) is 0 Å². The molecule has 42 heavy (non-hydrogen) atoms. The van der Waals surface area contributed by atoms with E-state index in [1.165, 1.54) is 18.2 Å². The predicted molar refractivity (Wildman–Crippen MR) is 163 cm³/mol. The van der Waals surface area contributed by atoms with E-state index < -0.39 is 49.6 Å². The zero-order valence-corrected chi connectivity index (χ0v) is 26.8. The van der Waals surface area contributed by atoms with Gasteiger partial charge in [-0.2, -0.15) is 0 Å². The fourth-order valence-electron chi connectivity index (χ4n) is 6.38. The maximum atomic E-state index is 13.7. The van der Waals surface area contributed by atoms with Crippen LogP contribution in [0.4, 0.5) is 11.4 Å². The average Bonchev–Trinajstić information content (AvgIpc) is 3.51. The number of rotatable bonds is 4. The molecule has 4 aliphatic rings. The smallest absolute Gasteiger partial charge is 0.316 e. The zero-order valence-electron chi connectivity index (χ0n) is 22.3. The summed E-state index contributed by atoms with van der Waals surface area (Å²) >= 11 is 39.4. The number of amides is 3. The van der Waals surface area contributed by atoms with Gasteiger partial charge in [-0.3, -0.25) is 19.2 Å². The molecule has 0 N–H and O–H groups in total. The van der Waals surface area contributed by atoms with E-state index in [1.54, 1.807) is 11.8 Å². The van der Waals surface area contributed by atoms with Crippen LogP contribution in [0, 0.1) is 38.5 Å². The minimum atomic E-state index is -2.02. The molecule has 2 aromatic rings. The first-order valence-corrected chi connectivity index (χ1v) is 15.2. The molecular formula is C29H22Cl6N2O5. The van der Waals surface area contributed by atoms with Gasteiger partial charge in [0.15, 0.2) is 4.33 Å². The van der Waals surface area contributed by atoms with Crippen molar-refractivity contribution < 1.29 is 23.9 Å². The van der Waals surface area contributed by atoms with E-state index >= 15 is 0 Å². The molecule has 6 rings (SSSR count). The van der Waals surface area contributed by atoms with Crippen molar-refractivity contribution in [2.75, 3.05) is 16.3 Å². The first kappa shape index (κ1) is 30.0. The number of ether oxygens (including phenoxy) is 1. The third-order valence-corrected chi connectivity index (χ3v) is 13.1. The van der Waals surface area contributed by atoms with E-state index in [0.717, 1.165) is 21.7 Å². The Labute approximate surface area is 271 Å². The molecule has 3 amide bonds. The molecule has 2 heterocycles. The molecule has 13 heteroatoms. The number of nitrogens with zero attached hydrogens (tertiary/aromatic N) is 2. The van der Waals surface area contributed by atoms with E-state index in [4.69, 9.17) is 74.3 Å². The minimum Gasteiger partial charge on any atom is -0.426 e. The molecule has 2 saturated heterocycles. The van der Waals surface area contributed by atoms with Crippen LogP contribution < -0.4 is 14.5 Å². The maximum Gasteiger partial charge on any atom is 0.316 e. The van der Waals surface area contributed by atoms with Gasteiger partial charge in [0.05, 0.1) is 33.5 Å². The molecule has 2 aromatic carbocycles. The molecule has 5 atom stereocenters. The Balaban J connectivity index is 1.21. The normalized spacial score (nSPS) is 31.5. The molecule has 0 unspecified atom stereocenters. The van der Waals surface area contributed by atoms with Gasteiger partial charge in [0.1, 0.15) is 15.5 Å². The minimum absolute atomic E-state index is 0.0184. The number of halogens is 6. The molecule has 7 nitrogen and oxygen atoms in total. The molecule has 0 spiro atoms. The predicted octanol–water partition coefficient (Wildman–Crippen LogP) is 6.52. The standard InChI is InChI=1S/C29H22Cl6N2O5/c1-12-4-5-16(8-13(12)2)36-11-15(10-19(36)38)26(41)42-17-6-7-18(14(3)9-17)37-24(39)20-21(25(37)40)28(33)23(31)22(30)27(20,32)29(28,34)35/h4-9,15,20-21H,10-11H2,1-3H3/t15-,20+,21+,27-,28-/m1/s1. The van der Waals surface area contributed by atoms with Crippen molar-refractivity contribution in [1.82, 2.24) is 0 Å². The summed E-state index contributed by atoms with van der Waals surface area (Å²) in [5.74, 6) is -5.09. The van der Waals surface area contributed by atoms with E-state index in [1.807, 2.05) is 32.0 Å². The number of allylic oxidation sites excluding steroid dienone is 2. The van der Waals surface area contributed by atoms with Crippen LogP contribution in [-0.4, -0.2) is 44.3 Å². The van der Waals surface area contributed by atoms with Gasteiger partial charge in [-0.1, -0.05) is 52.5 Å². The van der Waals surface area contributed by atoms with Crippen molar-refractivity contribution in [2.24, 2.45) is 17.8 Å². The monoisotopic (exact) mass is 688 g/mol. The van der Waals surface area contributed by atoms with Crippen molar-refractivity contribution in [3.63, 3.8) is 0 Å². The summed E-state index contributed by atoms with van der Waals surface area (Å²) in [6.45, 7) is 5.79. The lowest BCUT2D eigenvalue weighted by molar-refractivity contribution is -0.139. The number of anilines is 2. The van der Waals surface area contributed by atoms with Crippen molar-refractivity contribution in [1.29, 1.82) is 0 Å². The Morgan fingerprint density at radius 3 is 1.98 bits per heavy atom. The summed E-state index contributed by atoms with van der Waals surface area (Å²) in [4.78, 5) is 51.8. The van der Waals surface area contributed by atoms with Gasteiger partial charge in [-0.25, -0.2) is 4.90 Å². The maximum absolute atomic E-state index is 13.7. The van der Waals surface area contributed by atoms with Crippen LogP contribution in [0.25, 0.3) is 0 Å². The van der Waals surface area contributed by atoms with Crippen LogP contribution in [0.5, 0.6) is 5.75 Å². The number of carbonyl (C=O) groups is 4. The van der Waals surface area contributed by atoms with Crippen molar-refractivity contribution in [3.8, 4) is 5.75 Å². The molecule has 0 aromatic heterocycles. The zero-order chi connectivity index (χ0) is 30.7. The van der Waals surface area contributed by atoms with E-state index in [9.17, 15) is 19.2 Å². The van der Waals surface area contributed by atoms with Gasteiger partial charge in [-0.05, 0) is 67.8 Å². The first-order chi connectivity index (χ1) is 19.6. The van der Waals surface area contributed by atoms with E-state index in [-0.39, 0.29) is 40.4 Å². The average molecular weight is 691 g/mol. The molecule has 2 bridgehead atoms. The third-order valence-electron chi connectivity index (χ3n) is 8.80. The van der Waals surface area contributed by atoms with Crippen molar-refractivity contribution in [2.45, 2.75) is 41.3 Å². The lowest BCUT2D eigenvalue weighted by atomic mass is 9.84. The summed E-state index contributed by atoms with van der Waals surface area (Å²) in [6, 6.07) is 10.2. The molecule has 2 aliphatic heterocycles. The number of fused-ring (bicyclic) bond motifs is 5. The second-order valence-corrected chi connectivity index (χ2v) is 14.4. The summed E-state index contributed by atoms with van der Waals surface area (Å²) in [6.07, 6.45) is 0.0184. The highest BCUT2D eigenvalue weighted by molar-refractivity contribution is 6.67. The number of carbonyl (C=O) groups excluding carboxylic acids is 4. The van der Waals surface area contributed by atoms with Crippen molar-refractivity contribution in [3.05, 3.63) is 63.2 Å². The number of imide groups is 1. The topological polar surface area (TPSA) is 84.0 Å². The number of hydrogen-bond acceptors (Lipinski definition) is 5. The van der Waals surface area contributed by atoms with Crippen LogP contribution in [0.2, 0.25) is 0 Å². The van der Waals surface area contributed by atoms with Crippen LogP contribution in [0.3, 0.4) is 0 Å². The van der Waals surface area contributed by atoms with Crippen LogP contribution >= 0.6 is 69.6 Å². The Hall–Kier alpha value is -2.00. The lowest BCUT2D eigenvalue weighted by Crippen LogP contribution is -2.50. The van der Waals surface area contributed by atoms with Crippen LogP contribution in [-0.2, 0) is 19.2 Å². The Bertz CT molecular complexity index is 1610. The van der Waals surface area contributed by atoms with Gasteiger partial charge >= 0.3 is 5.97 Å². The molecule has 3 fully saturated rings. The number of alkyl halides is 4. The molecular weight excluding hydrogens is 669 g/mol. The molecule has 220 valence electrons. The second-order valence-electron chi connectivity index (χ2n) is 11.1. The van der Waals surface area contributed by atoms with Crippen LogP contribution in [0.15, 0.2) is 46.5 Å². The highest BCUT2D eigenvalue weighted by Crippen LogP contribution is 2.77. The Kier molecular flexibility index (Phi) is 6.97. The van der Waals surface area contributed by atoms with Gasteiger partial charge in [0.2, 0.25) is 17.7 Å². The SMILES string of the molecule is Cc1ccc(N2C[C@H](C(=O)Oc3ccc(N4C(=O)[C@@H]5[C@@H](C4=O)[C@@]4(Cl)C(Cl)=C(Cl)[C@@]5(Cl)C4(Cl)Cl)c(C)c3)CC2=O)cc1C.